The number of rotatable bonds is 2. The van der Waals surface area contributed by atoms with Gasteiger partial charge in [-0.25, -0.2) is 4.39 Å². The van der Waals surface area contributed by atoms with Gasteiger partial charge in [-0.15, -0.1) is 0 Å². The summed E-state index contributed by atoms with van der Waals surface area (Å²) in [5.74, 6) is 0.538. The van der Waals surface area contributed by atoms with Crippen LogP contribution >= 0.6 is 0 Å². The maximum atomic E-state index is 13.6. The van der Waals surface area contributed by atoms with E-state index in [-0.39, 0.29) is 11.0 Å². The fourth-order valence-electron chi connectivity index (χ4n) is 2.07. The summed E-state index contributed by atoms with van der Waals surface area (Å²) in [6, 6.07) is 12.7. The molecule has 100 valence electrons. The van der Waals surface area contributed by atoms with Crippen LogP contribution in [0.4, 0.5) is 4.39 Å². The smallest absolute Gasteiger partial charge is 0.196 e. The Hall–Kier alpha value is -2.62. The zero-order valence-corrected chi connectivity index (χ0v) is 10.7. The SMILES string of the molecule is COc1ccc(-c2cc(=O)c3c(F)cccc3o2)cc1. The normalized spacial score (nSPS) is 10.7. The predicted octanol–water partition coefficient (Wildman–Crippen LogP) is 3.61. The first-order valence-corrected chi connectivity index (χ1v) is 6.06. The molecule has 2 aromatic carbocycles. The summed E-state index contributed by atoms with van der Waals surface area (Å²) in [5.41, 5.74) is 0.576. The van der Waals surface area contributed by atoms with Crippen LogP contribution in [0.5, 0.6) is 5.75 Å². The first-order chi connectivity index (χ1) is 9.69. The van der Waals surface area contributed by atoms with E-state index in [2.05, 4.69) is 0 Å². The Bertz CT molecular complexity index is 819. The van der Waals surface area contributed by atoms with Crippen molar-refractivity contribution < 1.29 is 13.5 Å². The Morgan fingerprint density at radius 3 is 2.55 bits per heavy atom. The van der Waals surface area contributed by atoms with E-state index in [9.17, 15) is 9.18 Å². The molecule has 1 aromatic heterocycles. The molecule has 0 spiro atoms. The number of ether oxygens (including phenoxy) is 1. The molecular formula is C16H11FO3. The molecule has 0 saturated heterocycles. The van der Waals surface area contributed by atoms with Crippen molar-refractivity contribution in [1.82, 2.24) is 0 Å². The summed E-state index contributed by atoms with van der Waals surface area (Å²) in [6.45, 7) is 0. The molecule has 4 heteroatoms. The highest BCUT2D eigenvalue weighted by Gasteiger charge is 2.10. The molecule has 0 radical (unpaired) electrons. The third kappa shape index (κ3) is 2.05. The third-order valence-electron chi connectivity index (χ3n) is 3.08. The number of halogens is 1. The van der Waals surface area contributed by atoms with E-state index in [4.69, 9.17) is 9.15 Å². The van der Waals surface area contributed by atoms with Crippen LogP contribution in [0.15, 0.2) is 57.7 Å². The van der Waals surface area contributed by atoms with Gasteiger partial charge in [0.15, 0.2) is 5.43 Å². The highest BCUT2D eigenvalue weighted by atomic mass is 19.1. The lowest BCUT2D eigenvalue weighted by atomic mass is 10.1. The second kappa shape index (κ2) is 4.81. The zero-order chi connectivity index (χ0) is 14.1. The van der Waals surface area contributed by atoms with Crippen molar-refractivity contribution in [2.45, 2.75) is 0 Å². The van der Waals surface area contributed by atoms with Gasteiger partial charge in [0.05, 0.1) is 7.11 Å². The van der Waals surface area contributed by atoms with Crippen LogP contribution < -0.4 is 10.2 Å². The van der Waals surface area contributed by atoms with Crippen LogP contribution in [-0.2, 0) is 0 Å². The van der Waals surface area contributed by atoms with Gasteiger partial charge in [-0.2, -0.15) is 0 Å². The van der Waals surface area contributed by atoms with Crippen molar-refractivity contribution >= 4 is 11.0 Å². The Morgan fingerprint density at radius 2 is 1.85 bits per heavy atom. The van der Waals surface area contributed by atoms with Crippen LogP contribution in [0.2, 0.25) is 0 Å². The number of benzene rings is 2. The molecule has 0 unspecified atom stereocenters. The van der Waals surface area contributed by atoms with Crippen LogP contribution in [0, 0.1) is 5.82 Å². The van der Waals surface area contributed by atoms with Gasteiger partial charge in [0.25, 0.3) is 0 Å². The third-order valence-corrected chi connectivity index (χ3v) is 3.08. The van der Waals surface area contributed by atoms with E-state index in [0.717, 1.165) is 5.56 Å². The summed E-state index contributed by atoms with van der Waals surface area (Å²) in [5, 5.41) is -0.0234. The maximum absolute atomic E-state index is 13.6. The van der Waals surface area contributed by atoms with E-state index < -0.39 is 11.2 Å². The van der Waals surface area contributed by atoms with E-state index in [1.165, 1.54) is 18.2 Å². The lowest BCUT2D eigenvalue weighted by Gasteiger charge is -2.05. The lowest BCUT2D eigenvalue weighted by Crippen LogP contribution is -2.02. The van der Waals surface area contributed by atoms with Crippen molar-refractivity contribution in [3.8, 4) is 17.1 Å². The monoisotopic (exact) mass is 270 g/mol. The molecule has 0 atom stereocenters. The van der Waals surface area contributed by atoms with Crippen molar-refractivity contribution in [3.05, 3.63) is 64.6 Å². The molecular weight excluding hydrogens is 259 g/mol. The fraction of sp³-hybridized carbons (Fsp3) is 0.0625. The van der Waals surface area contributed by atoms with Gasteiger partial charge >= 0.3 is 0 Å². The van der Waals surface area contributed by atoms with Crippen molar-refractivity contribution in [1.29, 1.82) is 0 Å². The van der Waals surface area contributed by atoms with Gasteiger partial charge in [0.1, 0.15) is 28.3 Å². The lowest BCUT2D eigenvalue weighted by molar-refractivity contribution is 0.415. The summed E-state index contributed by atoms with van der Waals surface area (Å²) >= 11 is 0. The van der Waals surface area contributed by atoms with Gasteiger partial charge < -0.3 is 9.15 Å². The molecule has 0 fully saturated rings. The number of methoxy groups -OCH3 is 1. The molecule has 0 aliphatic rings. The second-order valence-corrected chi connectivity index (χ2v) is 4.32. The molecule has 1 heterocycles. The van der Waals surface area contributed by atoms with E-state index in [0.29, 0.717) is 11.5 Å². The molecule has 20 heavy (non-hydrogen) atoms. The highest BCUT2D eigenvalue weighted by Crippen LogP contribution is 2.24. The van der Waals surface area contributed by atoms with E-state index in [1.807, 2.05) is 0 Å². The molecule has 3 rings (SSSR count). The minimum atomic E-state index is -0.572. The maximum Gasteiger partial charge on any atom is 0.196 e. The first kappa shape index (κ1) is 12.4. The average molecular weight is 270 g/mol. The van der Waals surface area contributed by atoms with Gasteiger partial charge in [0, 0.05) is 11.6 Å². The molecule has 3 aromatic rings. The van der Waals surface area contributed by atoms with Crippen LogP contribution in [0.25, 0.3) is 22.3 Å². The van der Waals surface area contributed by atoms with Crippen molar-refractivity contribution in [2.24, 2.45) is 0 Å². The van der Waals surface area contributed by atoms with Gasteiger partial charge in [-0.3, -0.25) is 4.79 Å². The average Bonchev–Trinajstić information content (AvgIpc) is 2.47. The molecule has 0 bridgehead atoms. The Kier molecular flexibility index (Phi) is 2.99. The minimum absolute atomic E-state index is 0.0234. The summed E-state index contributed by atoms with van der Waals surface area (Å²) in [6.07, 6.45) is 0. The zero-order valence-electron chi connectivity index (χ0n) is 10.7. The number of hydrogen-bond acceptors (Lipinski definition) is 3. The molecule has 3 nitrogen and oxygen atoms in total. The van der Waals surface area contributed by atoms with E-state index >= 15 is 0 Å². The summed E-state index contributed by atoms with van der Waals surface area (Å²) < 4.78 is 24.3. The quantitative estimate of drug-likeness (QED) is 0.714. The fourth-order valence-corrected chi connectivity index (χ4v) is 2.07. The van der Waals surface area contributed by atoms with E-state index in [1.54, 1.807) is 37.4 Å². The van der Waals surface area contributed by atoms with Gasteiger partial charge in [0.2, 0.25) is 0 Å². The highest BCUT2D eigenvalue weighted by molar-refractivity contribution is 5.79. The molecule has 0 aliphatic carbocycles. The van der Waals surface area contributed by atoms with Crippen LogP contribution in [0.1, 0.15) is 0 Å². The minimum Gasteiger partial charge on any atom is -0.497 e. The largest absolute Gasteiger partial charge is 0.497 e. The summed E-state index contributed by atoms with van der Waals surface area (Å²) in [7, 11) is 1.58. The molecule has 0 saturated carbocycles. The predicted molar refractivity (Wildman–Crippen MR) is 74.4 cm³/mol. The Balaban J connectivity index is 2.19. The first-order valence-electron chi connectivity index (χ1n) is 6.06. The topological polar surface area (TPSA) is 39.4 Å². The van der Waals surface area contributed by atoms with Gasteiger partial charge in [-0.1, -0.05) is 6.07 Å². The Morgan fingerprint density at radius 1 is 1.10 bits per heavy atom. The Labute approximate surface area is 114 Å². The standard InChI is InChI=1S/C16H11FO3/c1-19-11-7-5-10(6-8-11)15-9-13(18)16-12(17)3-2-4-14(16)20-15/h2-9H,1H3. The summed E-state index contributed by atoms with van der Waals surface area (Å²) in [4.78, 5) is 12.0. The van der Waals surface area contributed by atoms with Crippen LogP contribution in [-0.4, -0.2) is 7.11 Å². The number of hydrogen-bond donors (Lipinski definition) is 0. The molecule has 0 amide bonds. The molecule has 0 N–H and O–H groups in total. The number of fused-ring (bicyclic) bond motifs is 1. The second-order valence-electron chi connectivity index (χ2n) is 4.32. The van der Waals surface area contributed by atoms with Crippen molar-refractivity contribution in [2.75, 3.05) is 7.11 Å². The van der Waals surface area contributed by atoms with Crippen LogP contribution in [0.3, 0.4) is 0 Å². The van der Waals surface area contributed by atoms with Crippen molar-refractivity contribution in [3.63, 3.8) is 0 Å². The van der Waals surface area contributed by atoms with Gasteiger partial charge in [-0.05, 0) is 36.4 Å². The molecule has 0 aliphatic heterocycles.